The van der Waals surface area contributed by atoms with E-state index in [-0.39, 0.29) is 17.7 Å². The van der Waals surface area contributed by atoms with Gasteiger partial charge in [-0.2, -0.15) is 0 Å². The van der Waals surface area contributed by atoms with E-state index in [0.717, 1.165) is 16.5 Å². The number of aromatic nitrogens is 1. The minimum atomic E-state index is -0.130. The van der Waals surface area contributed by atoms with Gasteiger partial charge in [0.05, 0.1) is 11.5 Å². The van der Waals surface area contributed by atoms with Crippen molar-refractivity contribution in [3.8, 4) is 0 Å². The molecule has 1 fully saturated rings. The monoisotopic (exact) mass is 347 g/mol. The maximum atomic E-state index is 12.7. The van der Waals surface area contributed by atoms with Gasteiger partial charge < -0.3 is 15.2 Å². The van der Waals surface area contributed by atoms with E-state index in [1.165, 1.54) is 5.56 Å². The summed E-state index contributed by atoms with van der Waals surface area (Å²) in [5.74, 6) is -0.145. The van der Waals surface area contributed by atoms with Gasteiger partial charge in [-0.3, -0.25) is 9.59 Å². The second-order valence-corrected chi connectivity index (χ2v) is 6.86. The van der Waals surface area contributed by atoms with Crippen LogP contribution in [0.2, 0.25) is 0 Å². The Labute approximate surface area is 152 Å². The summed E-state index contributed by atoms with van der Waals surface area (Å²) >= 11 is 0. The molecule has 2 amide bonds. The van der Waals surface area contributed by atoms with Gasteiger partial charge in [-0.25, -0.2) is 0 Å². The SMILES string of the molecule is Cc1ccc(CNC(=O)C2CN(C(=O)c3c[nH]c4ccccc34)C2)cc1. The second-order valence-electron chi connectivity index (χ2n) is 6.86. The fraction of sp³-hybridized carbons (Fsp3) is 0.238. The molecule has 5 heteroatoms. The molecule has 0 atom stereocenters. The molecule has 4 rings (SSSR count). The van der Waals surface area contributed by atoms with Crippen molar-refractivity contribution in [2.75, 3.05) is 13.1 Å². The van der Waals surface area contributed by atoms with Crippen LogP contribution >= 0.6 is 0 Å². The Morgan fingerprint density at radius 3 is 2.62 bits per heavy atom. The van der Waals surface area contributed by atoms with Crippen molar-refractivity contribution >= 4 is 22.7 Å². The summed E-state index contributed by atoms with van der Waals surface area (Å²) in [5, 5.41) is 3.88. The zero-order valence-corrected chi connectivity index (χ0v) is 14.7. The van der Waals surface area contributed by atoms with Crippen LogP contribution in [-0.4, -0.2) is 34.8 Å². The lowest BCUT2D eigenvalue weighted by Crippen LogP contribution is -2.55. The Morgan fingerprint density at radius 2 is 1.85 bits per heavy atom. The first-order valence-corrected chi connectivity index (χ1v) is 8.80. The Hall–Kier alpha value is -3.08. The number of aromatic amines is 1. The number of hydrogen-bond donors (Lipinski definition) is 2. The molecule has 0 spiro atoms. The van der Waals surface area contributed by atoms with E-state index < -0.39 is 0 Å². The fourth-order valence-electron chi connectivity index (χ4n) is 3.27. The third-order valence-electron chi connectivity index (χ3n) is 4.95. The van der Waals surface area contributed by atoms with Crippen LogP contribution in [-0.2, 0) is 11.3 Å². The lowest BCUT2D eigenvalue weighted by Gasteiger charge is -2.38. The van der Waals surface area contributed by atoms with Crippen molar-refractivity contribution < 1.29 is 9.59 Å². The molecule has 2 aromatic carbocycles. The highest BCUT2D eigenvalue weighted by atomic mass is 16.2. The first-order valence-electron chi connectivity index (χ1n) is 8.80. The number of benzene rings is 2. The first-order chi connectivity index (χ1) is 12.6. The largest absolute Gasteiger partial charge is 0.360 e. The summed E-state index contributed by atoms with van der Waals surface area (Å²) < 4.78 is 0. The van der Waals surface area contributed by atoms with Gasteiger partial charge in [0.1, 0.15) is 0 Å². The third kappa shape index (κ3) is 3.08. The van der Waals surface area contributed by atoms with Crippen LogP contribution in [0.1, 0.15) is 21.5 Å². The maximum Gasteiger partial charge on any atom is 0.256 e. The van der Waals surface area contributed by atoms with Crippen LogP contribution in [0.15, 0.2) is 54.7 Å². The summed E-state index contributed by atoms with van der Waals surface area (Å²) in [6, 6.07) is 15.8. The number of rotatable bonds is 4. The molecular weight excluding hydrogens is 326 g/mol. The van der Waals surface area contributed by atoms with E-state index in [2.05, 4.69) is 10.3 Å². The molecule has 1 aliphatic heterocycles. The predicted molar refractivity (Wildman–Crippen MR) is 101 cm³/mol. The van der Waals surface area contributed by atoms with E-state index in [1.54, 1.807) is 11.1 Å². The third-order valence-corrected chi connectivity index (χ3v) is 4.95. The van der Waals surface area contributed by atoms with E-state index in [1.807, 2.05) is 55.5 Å². The first kappa shape index (κ1) is 16.4. The minimum absolute atomic E-state index is 0.00792. The normalized spacial score (nSPS) is 14.3. The molecule has 0 unspecified atom stereocenters. The number of nitrogens with zero attached hydrogens (tertiary/aromatic N) is 1. The van der Waals surface area contributed by atoms with Gasteiger partial charge in [0.15, 0.2) is 0 Å². The van der Waals surface area contributed by atoms with Crippen LogP contribution < -0.4 is 5.32 Å². The molecule has 0 aliphatic carbocycles. The number of H-pyrrole nitrogens is 1. The average molecular weight is 347 g/mol. The predicted octanol–water partition coefficient (Wildman–Crippen LogP) is 2.86. The maximum absolute atomic E-state index is 12.7. The highest BCUT2D eigenvalue weighted by Crippen LogP contribution is 2.24. The van der Waals surface area contributed by atoms with Gasteiger partial charge in [0.25, 0.3) is 5.91 Å². The van der Waals surface area contributed by atoms with E-state index in [4.69, 9.17) is 0 Å². The Bertz CT molecular complexity index is 953. The summed E-state index contributed by atoms with van der Waals surface area (Å²) in [4.78, 5) is 29.8. The number of likely N-dealkylation sites (tertiary alicyclic amines) is 1. The molecule has 0 saturated carbocycles. The zero-order valence-electron chi connectivity index (χ0n) is 14.7. The van der Waals surface area contributed by atoms with Gasteiger partial charge in [-0.05, 0) is 18.6 Å². The summed E-state index contributed by atoms with van der Waals surface area (Å²) in [7, 11) is 0. The van der Waals surface area contributed by atoms with Gasteiger partial charge in [-0.1, -0.05) is 48.0 Å². The van der Waals surface area contributed by atoms with Gasteiger partial charge in [0, 0.05) is 36.7 Å². The Morgan fingerprint density at radius 1 is 1.12 bits per heavy atom. The molecule has 5 nitrogen and oxygen atoms in total. The second kappa shape index (κ2) is 6.67. The number of carbonyl (C=O) groups excluding carboxylic acids is 2. The van der Waals surface area contributed by atoms with Crippen molar-refractivity contribution in [1.82, 2.24) is 15.2 Å². The summed E-state index contributed by atoms with van der Waals surface area (Å²) in [5.41, 5.74) is 3.89. The highest BCUT2D eigenvalue weighted by Gasteiger charge is 2.36. The highest BCUT2D eigenvalue weighted by molar-refractivity contribution is 6.07. The van der Waals surface area contributed by atoms with Crippen LogP contribution in [0.3, 0.4) is 0 Å². The lowest BCUT2D eigenvalue weighted by atomic mass is 9.97. The molecule has 1 saturated heterocycles. The molecule has 0 radical (unpaired) electrons. The molecule has 1 aromatic heterocycles. The van der Waals surface area contributed by atoms with Gasteiger partial charge in [0.2, 0.25) is 5.91 Å². The standard InChI is InChI=1S/C21H21N3O2/c1-14-6-8-15(9-7-14)10-23-20(25)16-12-24(13-16)21(26)18-11-22-19-5-3-2-4-17(18)19/h2-9,11,16,22H,10,12-13H2,1H3,(H,23,25). The Balaban J connectivity index is 1.32. The lowest BCUT2D eigenvalue weighted by molar-refractivity contribution is -0.129. The number of amides is 2. The summed E-state index contributed by atoms with van der Waals surface area (Å²) in [6.07, 6.45) is 1.75. The summed E-state index contributed by atoms with van der Waals surface area (Å²) in [6.45, 7) is 3.50. The quantitative estimate of drug-likeness (QED) is 0.762. The number of nitrogens with one attached hydrogen (secondary N) is 2. The number of aryl methyl sites for hydroxylation is 1. The number of hydrogen-bond acceptors (Lipinski definition) is 2. The van der Waals surface area contributed by atoms with Crippen molar-refractivity contribution in [1.29, 1.82) is 0 Å². The average Bonchev–Trinajstić information content (AvgIpc) is 3.04. The molecule has 2 N–H and O–H groups in total. The van der Waals surface area contributed by atoms with E-state index >= 15 is 0 Å². The van der Waals surface area contributed by atoms with Crippen LogP contribution in [0.25, 0.3) is 10.9 Å². The van der Waals surface area contributed by atoms with Crippen molar-refractivity contribution in [2.45, 2.75) is 13.5 Å². The molecule has 132 valence electrons. The number of carbonyl (C=O) groups is 2. The topological polar surface area (TPSA) is 65.2 Å². The van der Waals surface area contributed by atoms with Crippen molar-refractivity contribution in [2.24, 2.45) is 5.92 Å². The van der Waals surface area contributed by atoms with Crippen LogP contribution in [0, 0.1) is 12.8 Å². The molecule has 26 heavy (non-hydrogen) atoms. The van der Waals surface area contributed by atoms with Crippen molar-refractivity contribution in [3.63, 3.8) is 0 Å². The van der Waals surface area contributed by atoms with Gasteiger partial charge >= 0.3 is 0 Å². The molecule has 2 heterocycles. The van der Waals surface area contributed by atoms with E-state index in [0.29, 0.717) is 25.2 Å². The molecule has 0 bridgehead atoms. The molecule has 3 aromatic rings. The van der Waals surface area contributed by atoms with Crippen LogP contribution in [0.5, 0.6) is 0 Å². The van der Waals surface area contributed by atoms with E-state index in [9.17, 15) is 9.59 Å². The zero-order chi connectivity index (χ0) is 18.1. The van der Waals surface area contributed by atoms with Gasteiger partial charge in [-0.15, -0.1) is 0 Å². The number of para-hydroxylation sites is 1. The smallest absolute Gasteiger partial charge is 0.256 e. The minimum Gasteiger partial charge on any atom is -0.360 e. The Kier molecular flexibility index (Phi) is 4.21. The fourth-order valence-corrected chi connectivity index (χ4v) is 3.27. The molecular formula is C21H21N3O2. The number of fused-ring (bicyclic) bond motifs is 1. The van der Waals surface area contributed by atoms with Crippen molar-refractivity contribution in [3.05, 3.63) is 71.4 Å². The molecule has 1 aliphatic rings. The van der Waals surface area contributed by atoms with Crippen LogP contribution in [0.4, 0.5) is 0 Å².